The van der Waals surface area contributed by atoms with Crippen LogP contribution in [0.25, 0.3) is 0 Å². The molecule has 1 aliphatic rings. The predicted molar refractivity (Wildman–Crippen MR) is 130 cm³/mol. The van der Waals surface area contributed by atoms with Crippen molar-refractivity contribution in [2.75, 3.05) is 41.5 Å². The molecule has 186 valence electrons. The molecule has 2 aromatic carbocycles. The first-order chi connectivity index (χ1) is 16.2. The van der Waals surface area contributed by atoms with Crippen molar-refractivity contribution in [2.45, 2.75) is 43.5 Å². The minimum Gasteiger partial charge on any atom is -0.495 e. The van der Waals surface area contributed by atoms with Crippen molar-refractivity contribution in [3.05, 3.63) is 47.5 Å². The molecular weight excluding hydrogens is 456 g/mol. The van der Waals surface area contributed by atoms with Gasteiger partial charge in [0, 0.05) is 31.7 Å². The number of carbonyl (C=O) groups excluding carboxylic acids is 1. The first kappa shape index (κ1) is 25.8. The SMILES string of the molecule is COc1ccc(CCN(C)C(=O)c2ccc(OC)c(S(=O)(=O)N3CCCC[C@@H]3C)c2)cc1OC. The summed E-state index contributed by atoms with van der Waals surface area (Å²) in [5.41, 5.74) is 1.30. The maximum Gasteiger partial charge on any atom is 0.253 e. The number of nitrogens with zero attached hydrogens (tertiary/aromatic N) is 2. The molecule has 1 fully saturated rings. The number of hydrogen-bond donors (Lipinski definition) is 0. The molecule has 1 amide bonds. The highest BCUT2D eigenvalue weighted by molar-refractivity contribution is 7.89. The molecule has 8 nitrogen and oxygen atoms in total. The molecular formula is C25H34N2O6S. The highest BCUT2D eigenvalue weighted by Gasteiger charge is 2.33. The van der Waals surface area contributed by atoms with E-state index in [-0.39, 0.29) is 22.6 Å². The van der Waals surface area contributed by atoms with Crippen LogP contribution in [-0.2, 0) is 16.4 Å². The van der Waals surface area contributed by atoms with E-state index in [1.54, 1.807) is 38.3 Å². The van der Waals surface area contributed by atoms with Gasteiger partial charge in [-0.3, -0.25) is 4.79 Å². The number of benzene rings is 2. The molecule has 34 heavy (non-hydrogen) atoms. The lowest BCUT2D eigenvalue weighted by atomic mass is 10.1. The minimum atomic E-state index is -3.79. The Balaban J connectivity index is 1.79. The first-order valence-corrected chi connectivity index (χ1v) is 12.8. The third-order valence-corrected chi connectivity index (χ3v) is 8.30. The van der Waals surface area contributed by atoms with E-state index in [1.165, 1.54) is 17.5 Å². The Morgan fingerprint density at radius 2 is 1.68 bits per heavy atom. The van der Waals surface area contributed by atoms with Gasteiger partial charge in [-0.15, -0.1) is 0 Å². The number of ether oxygens (including phenoxy) is 3. The van der Waals surface area contributed by atoms with Gasteiger partial charge in [0.05, 0.1) is 21.3 Å². The van der Waals surface area contributed by atoms with Crippen molar-refractivity contribution >= 4 is 15.9 Å². The molecule has 1 heterocycles. The van der Waals surface area contributed by atoms with E-state index in [4.69, 9.17) is 14.2 Å². The van der Waals surface area contributed by atoms with Crippen LogP contribution in [0.1, 0.15) is 42.1 Å². The van der Waals surface area contributed by atoms with E-state index in [0.29, 0.717) is 36.6 Å². The third kappa shape index (κ3) is 5.47. The van der Waals surface area contributed by atoms with Crippen LogP contribution in [0.4, 0.5) is 0 Å². The number of hydrogen-bond acceptors (Lipinski definition) is 6. The zero-order valence-electron chi connectivity index (χ0n) is 20.5. The van der Waals surface area contributed by atoms with Gasteiger partial charge in [0.25, 0.3) is 5.91 Å². The summed E-state index contributed by atoms with van der Waals surface area (Å²) in [7, 11) is 2.51. The number of rotatable bonds is 9. The summed E-state index contributed by atoms with van der Waals surface area (Å²) in [5.74, 6) is 1.25. The van der Waals surface area contributed by atoms with Crippen molar-refractivity contribution in [1.29, 1.82) is 0 Å². The van der Waals surface area contributed by atoms with E-state index in [1.807, 2.05) is 25.1 Å². The van der Waals surface area contributed by atoms with Gasteiger partial charge in [-0.05, 0) is 62.1 Å². The normalized spacial score (nSPS) is 16.7. The van der Waals surface area contributed by atoms with Crippen molar-refractivity contribution in [3.63, 3.8) is 0 Å². The predicted octanol–water partition coefficient (Wildman–Crippen LogP) is 3.59. The van der Waals surface area contributed by atoms with Gasteiger partial charge in [-0.1, -0.05) is 12.5 Å². The quantitative estimate of drug-likeness (QED) is 0.534. The Hall–Kier alpha value is -2.78. The lowest BCUT2D eigenvalue weighted by Gasteiger charge is -2.32. The Kier molecular flexibility index (Phi) is 8.43. The number of piperidine rings is 1. The van der Waals surface area contributed by atoms with Gasteiger partial charge in [0.1, 0.15) is 10.6 Å². The van der Waals surface area contributed by atoms with Crippen molar-refractivity contribution in [3.8, 4) is 17.2 Å². The van der Waals surface area contributed by atoms with Crippen molar-refractivity contribution in [2.24, 2.45) is 0 Å². The maximum absolute atomic E-state index is 13.4. The highest BCUT2D eigenvalue weighted by Crippen LogP contribution is 2.32. The minimum absolute atomic E-state index is 0.0305. The number of likely N-dealkylation sites (N-methyl/N-ethyl adjacent to an activating group) is 1. The van der Waals surface area contributed by atoms with Crippen LogP contribution < -0.4 is 14.2 Å². The fraction of sp³-hybridized carbons (Fsp3) is 0.480. The number of amides is 1. The molecule has 0 bridgehead atoms. The van der Waals surface area contributed by atoms with Gasteiger partial charge < -0.3 is 19.1 Å². The summed E-state index contributed by atoms with van der Waals surface area (Å²) < 4.78 is 44.4. The largest absolute Gasteiger partial charge is 0.495 e. The zero-order valence-corrected chi connectivity index (χ0v) is 21.4. The van der Waals surface area contributed by atoms with Crippen LogP contribution in [0, 0.1) is 0 Å². The molecule has 0 aliphatic carbocycles. The highest BCUT2D eigenvalue weighted by atomic mass is 32.2. The molecule has 9 heteroatoms. The Bertz CT molecular complexity index is 1120. The summed E-state index contributed by atoms with van der Waals surface area (Å²) in [6, 6.07) is 10.1. The average molecular weight is 491 g/mol. The Morgan fingerprint density at radius 3 is 2.32 bits per heavy atom. The molecule has 0 unspecified atom stereocenters. The van der Waals surface area contributed by atoms with E-state index < -0.39 is 10.0 Å². The smallest absolute Gasteiger partial charge is 0.253 e. The van der Waals surface area contributed by atoms with E-state index in [9.17, 15) is 13.2 Å². The lowest BCUT2D eigenvalue weighted by Crippen LogP contribution is -2.42. The van der Waals surface area contributed by atoms with E-state index >= 15 is 0 Å². The van der Waals surface area contributed by atoms with Crippen LogP contribution in [0.5, 0.6) is 17.2 Å². The maximum atomic E-state index is 13.4. The van der Waals surface area contributed by atoms with Crippen LogP contribution in [0.3, 0.4) is 0 Å². The van der Waals surface area contributed by atoms with E-state index in [2.05, 4.69) is 0 Å². The molecule has 2 aromatic rings. The second-order valence-corrected chi connectivity index (χ2v) is 10.4. The second kappa shape index (κ2) is 11.1. The van der Waals surface area contributed by atoms with Gasteiger partial charge in [-0.2, -0.15) is 4.31 Å². The van der Waals surface area contributed by atoms with Crippen LogP contribution in [0.2, 0.25) is 0 Å². The van der Waals surface area contributed by atoms with E-state index in [0.717, 1.165) is 24.8 Å². The summed E-state index contributed by atoms with van der Waals surface area (Å²) in [4.78, 5) is 14.8. The first-order valence-electron chi connectivity index (χ1n) is 11.4. The summed E-state index contributed by atoms with van der Waals surface area (Å²) in [6.07, 6.45) is 3.26. The molecule has 1 atom stereocenters. The molecule has 1 aliphatic heterocycles. The van der Waals surface area contributed by atoms with Gasteiger partial charge >= 0.3 is 0 Å². The number of carbonyl (C=O) groups is 1. The van der Waals surface area contributed by atoms with Crippen molar-refractivity contribution in [1.82, 2.24) is 9.21 Å². The Labute approximate surface area is 202 Å². The molecule has 0 spiro atoms. The van der Waals surface area contributed by atoms with Gasteiger partial charge in [-0.25, -0.2) is 8.42 Å². The number of methoxy groups -OCH3 is 3. The monoisotopic (exact) mass is 490 g/mol. The summed E-state index contributed by atoms with van der Waals surface area (Å²) >= 11 is 0. The Morgan fingerprint density at radius 1 is 1.00 bits per heavy atom. The second-order valence-electron chi connectivity index (χ2n) is 8.49. The van der Waals surface area contributed by atoms with Gasteiger partial charge in [0.2, 0.25) is 10.0 Å². The summed E-state index contributed by atoms with van der Waals surface area (Å²) in [5, 5.41) is 0. The molecule has 1 saturated heterocycles. The summed E-state index contributed by atoms with van der Waals surface area (Å²) in [6.45, 7) is 2.84. The van der Waals surface area contributed by atoms with Crippen LogP contribution >= 0.6 is 0 Å². The molecule has 0 radical (unpaired) electrons. The van der Waals surface area contributed by atoms with Crippen LogP contribution in [-0.4, -0.2) is 71.0 Å². The third-order valence-electron chi connectivity index (χ3n) is 6.27. The average Bonchev–Trinajstić information content (AvgIpc) is 2.86. The molecule has 0 saturated carbocycles. The topological polar surface area (TPSA) is 85.4 Å². The fourth-order valence-electron chi connectivity index (χ4n) is 4.22. The zero-order chi connectivity index (χ0) is 24.9. The lowest BCUT2D eigenvalue weighted by molar-refractivity contribution is 0.0796. The standard InChI is InChI=1S/C25H34N2O6S/c1-18-8-6-7-14-27(18)34(29,30)24-17-20(10-12-22(24)32-4)25(28)26(2)15-13-19-9-11-21(31-3)23(16-19)33-5/h9-12,16-18H,6-8,13-15H2,1-5H3/t18-/m0/s1. The molecule has 0 aromatic heterocycles. The van der Waals surface area contributed by atoms with Crippen LogP contribution in [0.15, 0.2) is 41.3 Å². The number of sulfonamides is 1. The molecule has 0 N–H and O–H groups in total. The van der Waals surface area contributed by atoms with Gasteiger partial charge in [0.15, 0.2) is 11.5 Å². The van der Waals surface area contributed by atoms with Crippen molar-refractivity contribution < 1.29 is 27.4 Å². The molecule has 3 rings (SSSR count). The fourth-order valence-corrected chi connectivity index (χ4v) is 6.10.